The van der Waals surface area contributed by atoms with Crippen LogP contribution in [0, 0.1) is 5.92 Å². The number of fused-ring (bicyclic) bond motifs is 1. The number of anilines is 2. The Morgan fingerprint density at radius 2 is 1.91 bits per heavy atom. The molecule has 0 fully saturated rings. The summed E-state index contributed by atoms with van der Waals surface area (Å²) in [6.07, 6.45) is 5.15. The Bertz CT molecular complexity index is 1400. The molecule has 0 atom stereocenters. The lowest BCUT2D eigenvalue weighted by atomic mass is 10.2. The van der Waals surface area contributed by atoms with Crippen LogP contribution in [0.5, 0.6) is 11.6 Å². The third kappa shape index (κ3) is 4.81. The number of benzene rings is 2. The number of nitrogens with one attached hydrogen (secondary N) is 1. The molecule has 0 aliphatic heterocycles. The van der Waals surface area contributed by atoms with Crippen molar-refractivity contribution in [1.29, 1.82) is 0 Å². The maximum atomic E-state index is 6.06. The first-order valence-corrected chi connectivity index (χ1v) is 11.7. The monoisotopic (exact) mass is 476 g/mol. The van der Waals surface area contributed by atoms with Crippen molar-refractivity contribution in [3.63, 3.8) is 0 Å². The number of aromatic nitrogens is 5. The lowest BCUT2D eigenvalue weighted by molar-refractivity contribution is 0.467. The van der Waals surface area contributed by atoms with Crippen molar-refractivity contribution in [3.8, 4) is 22.1 Å². The van der Waals surface area contributed by atoms with Gasteiger partial charge in [-0.3, -0.25) is 0 Å². The normalized spacial score (nSPS) is 11.3. The summed E-state index contributed by atoms with van der Waals surface area (Å²) in [4.78, 5) is 18.6. The maximum absolute atomic E-state index is 6.06. The fraction of sp³-hybridized carbons (Fsp3) is 0.167. The van der Waals surface area contributed by atoms with Crippen molar-refractivity contribution < 1.29 is 4.74 Å². The summed E-state index contributed by atoms with van der Waals surface area (Å²) in [5.41, 5.74) is 3.38. The first-order valence-electron chi connectivity index (χ1n) is 10.5. The molecule has 0 saturated carbocycles. The highest BCUT2D eigenvalue weighted by Gasteiger charge is 2.13. The van der Waals surface area contributed by atoms with Gasteiger partial charge in [-0.25, -0.2) is 15.0 Å². The molecule has 166 valence electrons. The Balaban J connectivity index is 1.32. The number of halogens is 1. The largest absolute Gasteiger partial charge is 0.437 e. The van der Waals surface area contributed by atoms with Crippen molar-refractivity contribution in [2.24, 2.45) is 5.92 Å². The summed E-state index contributed by atoms with van der Waals surface area (Å²) in [6.45, 7) is 5.15. The van der Waals surface area contributed by atoms with E-state index in [-0.39, 0.29) is 0 Å². The van der Waals surface area contributed by atoms with E-state index in [2.05, 4.69) is 39.1 Å². The second kappa shape index (κ2) is 9.17. The fourth-order valence-electron chi connectivity index (χ4n) is 3.41. The Morgan fingerprint density at radius 1 is 1.06 bits per heavy atom. The minimum Gasteiger partial charge on any atom is -0.437 e. The number of hydrogen-bond acceptors (Lipinski definition) is 7. The number of imidazole rings is 1. The van der Waals surface area contributed by atoms with E-state index in [1.165, 1.54) is 6.33 Å². The number of hydrogen-bond donors (Lipinski definition) is 1. The van der Waals surface area contributed by atoms with Crippen LogP contribution in [0.15, 0.2) is 67.4 Å². The zero-order chi connectivity index (χ0) is 22.8. The molecule has 0 radical (unpaired) electrons. The van der Waals surface area contributed by atoms with Gasteiger partial charge in [-0.05, 0) is 53.9 Å². The molecule has 1 N–H and O–H groups in total. The number of nitrogens with zero attached hydrogens (tertiary/aromatic N) is 5. The van der Waals surface area contributed by atoms with Crippen LogP contribution in [0.25, 0.3) is 21.6 Å². The van der Waals surface area contributed by atoms with Crippen molar-refractivity contribution in [3.05, 3.63) is 72.4 Å². The van der Waals surface area contributed by atoms with Gasteiger partial charge < -0.3 is 14.6 Å². The minimum atomic E-state index is 0.445. The van der Waals surface area contributed by atoms with Gasteiger partial charge in [0.15, 0.2) is 16.3 Å². The van der Waals surface area contributed by atoms with E-state index in [1.807, 2.05) is 59.3 Å². The molecule has 2 aromatic carbocycles. The van der Waals surface area contributed by atoms with E-state index >= 15 is 0 Å². The number of rotatable bonds is 7. The van der Waals surface area contributed by atoms with E-state index in [0.717, 1.165) is 33.5 Å². The molecule has 0 aliphatic carbocycles. The van der Waals surface area contributed by atoms with Crippen molar-refractivity contribution >= 4 is 44.9 Å². The topological polar surface area (TPSA) is 77.8 Å². The summed E-state index contributed by atoms with van der Waals surface area (Å²) >= 11 is 7.62. The predicted octanol–water partition coefficient (Wildman–Crippen LogP) is 6.80. The van der Waals surface area contributed by atoms with E-state index < -0.39 is 0 Å². The molecule has 7 nitrogen and oxygen atoms in total. The van der Waals surface area contributed by atoms with Crippen LogP contribution in [0.3, 0.4) is 0 Å². The van der Waals surface area contributed by atoms with Crippen molar-refractivity contribution in [2.75, 3.05) is 5.32 Å². The third-order valence-corrected chi connectivity index (χ3v) is 6.06. The van der Waals surface area contributed by atoms with Crippen molar-refractivity contribution in [1.82, 2.24) is 24.5 Å². The van der Waals surface area contributed by atoms with Gasteiger partial charge in [-0.2, -0.15) is 4.98 Å². The van der Waals surface area contributed by atoms with Gasteiger partial charge in [0, 0.05) is 23.5 Å². The molecule has 0 bridgehead atoms. The van der Waals surface area contributed by atoms with Crippen LogP contribution < -0.4 is 10.1 Å². The summed E-state index contributed by atoms with van der Waals surface area (Å²) in [6, 6.07) is 15.4. The molecule has 5 aromatic rings. The smallest absolute Gasteiger partial charge is 0.250 e. The molecule has 0 unspecified atom stereocenters. The summed E-state index contributed by atoms with van der Waals surface area (Å²) < 4.78 is 8.06. The summed E-state index contributed by atoms with van der Waals surface area (Å²) in [7, 11) is 0. The molecular formula is C24H21ClN6OS. The van der Waals surface area contributed by atoms with Gasteiger partial charge in [-0.15, -0.1) is 0 Å². The molecule has 0 spiro atoms. The SMILES string of the molecule is CC(C)Cn1cnc2c(Oc3ccc(-c4cnc(Nc5cccc(Cl)c5)s4)cc3)ncnc21. The first-order chi connectivity index (χ1) is 16.0. The molecule has 0 aliphatic rings. The fourth-order valence-corrected chi connectivity index (χ4v) is 4.45. The predicted molar refractivity (Wildman–Crippen MR) is 133 cm³/mol. The Kier molecular flexibility index (Phi) is 5.93. The molecular weight excluding hydrogens is 456 g/mol. The van der Waals surface area contributed by atoms with Gasteiger partial charge in [0.25, 0.3) is 5.88 Å². The zero-order valence-corrected chi connectivity index (χ0v) is 19.6. The highest BCUT2D eigenvalue weighted by atomic mass is 35.5. The first kappa shape index (κ1) is 21.4. The van der Waals surface area contributed by atoms with E-state index in [0.29, 0.717) is 28.1 Å². The minimum absolute atomic E-state index is 0.445. The summed E-state index contributed by atoms with van der Waals surface area (Å²) in [5.74, 6) is 1.61. The van der Waals surface area contributed by atoms with E-state index in [1.54, 1.807) is 17.7 Å². The van der Waals surface area contributed by atoms with Gasteiger partial charge in [0.1, 0.15) is 12.1 Å². The van der Waals surface area contributed by atoms with Crippen LogP contribution in [0.2, 0.25) is 5.02 Å². The zero-order valence-electron chi connectivity index (χ0n) is 18.1. The molecule has 0 amide bonds. The standard InChI is InChI=1S/C24H21ClN6OS/c1-15(2)12-31-14-29-21-22(31)27-13-28-23(21)32-19-8-6-16(7-9-19)20-11-26-24(33-20)30-18-5-3-4-17(25)10-18/h3-11,13-15H,12H2,1-2H3,(H,26,30). The lowest BCUT2D eigenvalue weighted by Gasteiger charge is -2.08. The second-order valence-corrected chi connectivity index (χ2v) is 9.40. The highest BCUT2D eigenvalue weighted by Crippen LogP contribution is 2.33. The van der Waals surface area contributed by atoms with E-state index in [4.69, 9.17) is 16.3 Å². The molecule has 3 heterocycles. The van der Waals surface area contributed by atoms with Crippen LogP contribution in [-0.4, -0.2) is 24.5 Å². The van der Waals surface area contributed by atoms with Crippen molar-refractivity contribution in [2.45, 2.75) is 20.4 Å². The molecule has 0 saturated heterocycles. The molecule has 9 heteroatoms. The second-order valence-electron chi connectivity index (χ2n) is 7.93. The maximum Gasteiger partial charge on any atom is 0.250 e. The lowest BCUT2D eigenvalue weighted by Crippen LogP contribution is -2.03. The molecule has 5 rings (SSSR count). The quantitative estimate of drug-likeness (QED) is 0.278. The molecule has 3 aromatic heterocycles. The Labute approximate surface area is 200 Å². The number of thiazole rings is 1. The van der Waals surface area contributed by atoms with Crippen LogP contribution in [-0.2, 0) is 6.54 Å². The van der Waals surface area contributed by atoms with E-state index in [9.17, 15) is 0 Å². The average molecular weight is 477 g/mol. The van der Waals surface area contributed by atoms with Crippen LogP contribution in [0.4, 0.5) is 10.8 Å². The Morgan fingerprint density at radius 3 is 2.70 bits per heavy atom. The van der Waals surface area contributed by atoms with Crippen LogP contribution in [0.1, 0.15) is 13.8 Å². The molecule has 33 heavy (non-hydrogen) atoms. The van der Waals surface area contributed by atoms with Gasteiger partial charge >= 0.3 is 0 Å². The third-order valence-electron chi connectivity index (χ3n) is 4.86. The van der Waals surface area contributed by atoms with Gasteiger partial charge in [0.2, 0.25) is 0 Å². The van der Waals surface area contributed by atoms with Crippen LogP contribution >= 0.6 is 22.9 Å². The summed E-state index contributed by atoms with van der Waals surface area (Å²) in [5, 5.41) is 4.76. The highest BCUT2D eigenvalue weighted by molar-refractivity contribution is 7.18. The van der Waals surface area contributed by atoms with Gasteiger partial charge in [0.05, 0.1) is 11.2 Å². The van der Waals surface area contributed by atoms with Gasteiger partial charge in [-0.1, -0.05) is 42.9 Å². The average Bonchev–Trinajstić information content (AvgIpc) is 3.42. The Hall–Kier alpha value is -3.49. The number of ether oxygens (including phenoxy) is 1.